The number of aryl methyl sites for hydroxylation is 1. The van der Waals surface area contributed by atoms with Crippen LogP contribution in [-0.2, 0) is 19.1 Å². The first-order valence-electron chi connectivity index (χ1n) is 11.0. The van der Waals surface area contributed by atoms with Gasteiger partial charge in [-0.3, -0.25) is 19.2 Å². The first kappa shape index (κ1) is 24.0. The molecule has 1 atom stereocenters. The van der Waals surface area contributed by atoms with Crippen molar-refractivity contribution in [2.24, 2.45) is 11.8 Å². The molecule has 8 nitrogen and oxygen atoms in total. The summed E-state index contributed by atoms with van der Waals surface area (Å²) >= 11 is 0. The normalized spacial score (nSPS) is 15.5. The number of rotatable bonds is 8. The molecule has 1 aliphatic rings. The number of carbonyl (C=O) groups excluding carboxylic acids is 4. The lowest BCUT2D eigenvalue weighted by atomic mass is 10.1. The van der Waals surface area contributed by atoms with E-state index in [1.165, 1.54) is 0 Å². The number of nitrogens with one attached hydrogen (secondary N) is 2. The van der Waals surface area contributed by atoms with Gasteiger partial charge in [0, 0.05) is 25.2 Å². The van der Waals surface area contributed by atoms with Gasteiger partial charge in [-0.1, -0.05) is 43.7 Å². The summed E-state index contributed by atoms with van der Waals surface area (Å²) in [6, 6.07) is 14.1. The van der Waals surface area contributed by atoms with E-state index in [2.05, 4.69) is 10.6 Å². The smallest absolute Gasteiger partial charge is 0.311 e. The predicted octanol–water partition coefficient (Wildman–Crippen LogP) is 2.92. The van der Waals surface area contributed by atoms with E-state index in [1.807, 2.05) is 45.0 Å². The van der Waals surface area contributed by atoms with Crippen molar-refractivity contribution in [3.05, 3.63) is 59.7 Å². The molecule has 2 N–H and O–H groups in total. The van der Waals surface area contributed by atoms with Crippen molar-refractivity contribution in [2.75, 3.05) is 29.9 Å². The molecule has 0 aromatic heterocycles. The average molecular weight is 452 g/mol. The summed E-state index contributed by atoms with van der Waals surface area (Å²) in [7, 11) is 0. The van der Waals surface area contributed by atoms with Crippen LogP contribution in [0, 0.1) is 18.8 Å². The standard InChI is InChI=1S/C25H29N3O5/c1-16(2)13-26-24(31)20-6-4-5-7-21(20)27-22(29)15-33-25(32)18-12-23(30)28(14-18)19-10-8-17(3)9-11-19/h4-11,16,18H,12-15H2,1-3H3,(H,26,31)(H,27,29). The highest BCUT2D eigenvalue weighted by Crippen LogP contribution is 2.26. The molecule has 2 aromatic carbocycles. The summed E-state index contributed by atoms with van der Waals surface area (Å²) in [5.41, 5.74) is 2.46. The van der Waals surface area contributed by atoms with Gasteiger partial charge in [-0.05, 0) is 37.1 Å². The first-order valence-corrected chi connectivity index (χ1v) is 11.0. The molecule has 1 aliphatic heterocycles. The van der Waals surface area contributed by atoms with Crippen molar-refractivity contribution in [3.63, 3.8) is 0 Å². The van der Waals surface area contributed by atoms with Crippen LogP contribution in [0.15, 0.2) is 48.5 Å². The lowest BCUT2D eigenvalue weighted by Gasteiger charge is -2.16. The molecule has 0 radical (unpaired) electrons. The molecule has 3 amide bonds. The molecule has 0 aliphatic carbocycles. The van der Waals surface area contributed by atoms with E-state index >= 15 is 0 Å². The van der Waals surface area contributed by atoms with Crippen LogP contribution in [0.2, 0.25) is 0 Å². The maximum Gasteiger partial charge on any atom is 0.311 e. The Morgan fingerprint density at radius 3 is 2.48 bits per heavy atom. The van der Waals surface area contributed by atoms with Gasteiger partial charge in [-0.2, -0.15) is 0 Å². The minimum atomic E-state index is -0.638. The summed E-state index contributed by atoms with van der Waals surface area (Å²) in [4.78, 5) is 51.1. The van der Waals surface area contributed by atoms with E-state index in [0.717, 1.165) is 11.3 Å². The number of para-hydroxylation sites is 1. The van der Waals surface area contributed by atoms with Crippen molar-refractivity contribution < 1.29 is 23.9 Å². The molecule has 1 unspecified atom stereocenters. The number of esters is 1. The van der Waals surface area contributed by atoms with E-state index in [1.54, 1.807) is 29.2 Å². The Kier molecular flexibility index (Phi) is 7.82. The molecule has 1 saturated heterocycles. The largest absolute Gasteiger partial charge is 0.455 e. The Morgan fingerprint density at radius 1 is 1.09 bits per heavy atom. The van der Waals surface area contributed by atoms with E-state index in [4.69, 9.17) is 4.74 Å². The maximum absolute atomic E-state index is 12.5. The molecule has 8 heteroatoms. The number of benzene rings is 2. The molecule has 174 valence electrons. The first-order chi connectivity index (χ1) is 15.7. The van der Waals surface area contributed by atoms with Gasteiger partial charge in [0.15, 0.2) is 6.61 Å². The minimum Gasteiger partial charge on any atom is -0.455 e. The van der Waals surface area contributed by atoms with E-state index in [9.17, 15) is 19.2 Å². The molecule has 3 rings (SSSR count). The molecule has 0 bridgehead atoms. The molecule has 1 fully saturated rings. The number of anilines is 2. The van der Waals surface area contributed by atoms with Crippen LogP contribution >= 0.6 is 0 Å². The zero-order valence-corrected chi connectivity index (χ0v) is 19.1. The topological polar surface area (TPSA) is 105 Å². The molecule has 33 heavy (non-hydrogen) atoms. The quantitative estimate of drug-likeness (QED) is 0.601. The van der Waals surface area contributed by atoms with Gasteiger partial charge in [-0.25, -0.2) is 0 Å². The molecular weight excluding hydrogens is 422 g/mol. The Labute approximate surface area is 193 Å². The van der Waals surface area contributed by atoms with Crippen molar-refractivity contribution in [2.45, 2.75) is 27.2 Å². The Morgan fingerprint density at radius 2 is 1.79 bits per heavy atom. The van der Waals surface area contributed by atoms with Crippen LogP contribution in [-0.4, -0.2) is 43.4 Å². The SMILES string of the molecule is Cc1ccc(N2CC(C(=O)OCC(=O)Nc3ccccc3C(=O)NCC(C)C)CC2=O)cc1. The summed E-state index contributed by atoms with van der Waals surface area (Å²) in [6.07, 6.45) is 0.0349. The van der Waals surface area contributed by atoms with Crippen LogP contribution in [0.1, 0.15) is 36.2 Å². The third-order valence-electron chi connectivity index (χ3n) is 5.27. The van der Waals surface area contributed by atoms with Crippen LogP contribution in [0.25, 0.3) is 0 Å². The van der Waals surface area contributed by atoms with E-state index in [0.29, 0.717) is 23.7 Å². The Hall–Kier alpha value is -3.68. The fourth-order valence-electron chi connectivity index (χ4n) is 3.46. The minimum absolute atomic E-state index is 0.0349. The Balaban J connectivity index is 1.53. The predicted molar refractivity (Wildman–Crippen MR) is 125 cm³/mol. The van der Waals surface area contributed by atoms with Crippen molar-refractivity contribution in [1.82, 2.24) is 5.32 Å². The summed E-state index contributed by atoms with van der Waals surface area (Å²) in [5.74, 6) is -1.97. The fourth-order valence-corrected chi connectivity index (χ4v) is 3.46. The Bertz CT molecular complexity index is 1030. The van der Waals surface area contributed by atoms with Gasteiger partial charge >= 0.3 is 5.97 Å². The van der Waals surface area contributed by atoms with E-state index in [-0.39, 0.29) is 24.8 Å². The summed E-state index contributed by atoms with van der Waals surface area (Å²) in [5, 5.41) is 5.43. The highest BCUT2D eigenvalue weighted by atomic mass is 16.5. The van der Waals surface area contributed by atoms with Crippen molar-refractivity contribution in [3.8, 4) is 0 Å². The lowest BCUT2D eigenvalue weighted by molar-refractivity contribution is -0.151. The third kappa shape index (κ3) is 6.41. The molecule has 2 aromatic rings. The molecule has 0 spiro atoms. The van der Waals surface area contributed by atoms with Gasteiger partial charge < -0.3 is 20.3 Å². The highest BCUT2D eigenvalue weighted by molar-refractivity contribution is 6.04. The van der Waals surface area contributed by atoms with Gasteiger partial charge in [-0.15, -0.1) is 0 Å². The third-order valence-corrected chi connectivity index (χ3v) is 5.27. The number of hydrogen-bond donors (Lipinski definition) is 2. The molecule has 0 saturated carbocycles. The number of ether oxygens (including phenoxy) is 1. The van der Waals surface area contributed by atoms with Crippen LogP contribution in [0.4, 0.5) is 11.4 Å². The summed E-state index contributed by atoms with van der Waals surface area (Å²) in [6.45, 7) is 6.15. The van der Waals surface area contributed by atoms with E-state index < -0.39 is 24.4 Å². The number of carbonyl (C=O) groups is 4. The zero-order valence-electron chi connectivity index (χ0n) is 19.1. The lowest BCUT2D eigenvalue weighted by Crippen LogP contribution is -2.30. The van der Waals surface area contributed by atoms with Gasteiger partial charge in [0.05, 0.1) is 17.2 Å². The number of hydrogen-bond acceptors (Lipinski definition) is 5. The van der Waals surface area contributed by atoms with Crippen molar-refractivity contribution >= 4 is 35.1 Å². The second-order valence-electron chi connectivity index (χ2n) is 8.55. The maximum atomic E-state index is 12.5. The molecular formula is C25H29N3O5. The van der Waals surface area contributed by atoms with Gasteiger partial charge in [0.2, 0.25) is 5.91 Å². The average Bonchev–Trinajstić information content (AvgIpc) is 3.18. The van der Waals surface area contributed by atoms with Crippen LogP contribution in [0.3, 0.4) is 0 Å². The van der Waals surface area contributed by atoms with Crippen LogP contribution in [0.5, 0.6) is 0 Å². The monoisotopic (exact) mass is 451 g/mol. The summed E-state index contributed by atoms with van der Waals surface area (Å²) < 4.78 is 5.16. The van der Waals surface area contributed by atoms with Crippen LogP contribution < -0.4 is 15.5 Å². The van der Waals surface area contributed by atoms with Gasteiger partial charge in [0.1, 0.15) is 0 Å². The van der Waals surface area contributed by atoms with Crippen molar-refractivity contribution in [1.29, 1.82) is 0 Å². The molecule has 1 heterocycles. The van der Waals surface area contributed by atoms with Gasteiger partial charge in [0.25, 0.3) is 11.8 Å². The fraction of sp³-hybridized carbons (Fsp3) is 0.360. The number of nitrogens with zero attached hydrogens (tertiary/aromatic N) is 1. The number of amides is 3. The highest BCUT2D eigenvalue weighted by Gasteiger charge is 2.36. The second-order valence-corrected chi connectivity index (χ2v) is 8.55. The second kappa shape index (κ2) is 10.8. The zero-order chi connectivity index (χ0) is 24.0.